The normalized spacial score (nSPS) is 15.8. The second-order valence-corrected chi connectivity index (χ2v) is 5.39. The first-order chi connectivity index (χ1) is 10.0. The van der Waals surface area contributed by atoms with Crippen LogP contribution in [0.5, 0.6) is 0 Å². The molecule has 2 rings (SSSR count). The second kappa shape index (κ2) is 6.78. The lowest BCUT2D eigenvalue weighted by molar-refractivity contribution is -0.122. The number of carbonyl (C=O) groups is 2. The fourth-order valence-corrected chi connectivity index (χ4v) is 2.37. The molecule has 0 bridgehead atoms. The summed E-state index contributed by atoms with van der Waals surface area (Å²) >= 11 is 5.86. The van der Waals surface area contributed by atoms with Crippen molar-refractivity contribution in [2.75, 3.05) is 45.5 Å². The van der Waals surface area contributed by atoms with Crippen LogP contribution in [0.2, 0.25) is 5.02 Å². The highest BCUT2D eigenvalue weighted by Gasteiger charge is 2.23. The Balaban J connectivity index is 1.93. The number of anilines is 1. The van der Waals surface area contributed by atoms with Crippen LogP contribution in [0.4, 0.5) is 5.69 Å². The van der Waals surface area contributed by atoms with Crippen molar-refractivity contribution in [2.45, 2.75) is 0 Å². The van der Waals surface area contributed by atoms with Gasteiger partial charge in [-0.1, -0.05) is 11.6 Å². The maximum atomic E-state index is 12.4. The molecule has 3 N–H and O–H groups in total. The number of amides is 2. The van der Waals surface area contributed by atoms with Crippen LogP contribution in [0.1, 0.15) is 10.4 Å². The third kappa shape index (κ3) is 3.86. The lowest BCUT2D eigenvalue weighted by Gasteiger charge is -2.34. The smallest absolute Gasteiger partial charge is 0.254 e. The molecule has 114 valence electrons. The summed E-state index contributed by atoms with van der Waals surface area (Å²) in [6.45, 7) is 2.92. The van der Waals surface area contributed by atoms with Gasteiger partial charge in [-0.2, -0.15) is 0 Å². The number of benzene rings is 1. The van der Waals surface area contributed by atoms with Crippen LogP contribution >= 0.6 is 11.6 Å². The lowest BCUT2D eigenvalue weighted by atomic mass is 10.1. The first kappa shape index (κ1) is 15.6. The number of likely N-dealkylation sites (N-methyl/N-ethyl adjacent to an activating group) is 1. The molecule has 0 saturated carbocycles. The quantitative estimate of drug-likeness (QED) is 0.793. The van der Waals surface area contributed by atoms with Gasteiger partial charge in [0.25, 0.3) is 5.91 Å². The summed E-state index contributed by atoms with van der Waals surface area (Å²) in [5, 5.41) is 3.04. The molecule has 1 aromatic rings. The van der Waals surface area contributed by atoms with E-state index in [2.05, 4.69) is 5.32 Å². The van der Waals surface area contributed by atoms with E-state index < -0.39 is 0 Å². The van der Waals surface area contributed by atoms with Gasteiger partial charge in [0.15, 0.2) is 0 Å². The van der Waals surface area contributed by atoms with Crippen LogP contribution in [0.25, 0.3) is 0 Å². The number of hydrogen-bond donors (Lipinski definition) is 2. The third-order valence-electron chi connectivity index (χ3n) is 3.55. The minimum atomic E-state index is -0.0574. The minimum Gasteiger partial charge on any atom is -0.398 e. The van der Waals surface area contributed by atoms with E-state index in [4.69, 9.17) is 17.3 Å². The average molecular weight is 311 g/mol. The molecule has 0 unspecified atom stereocenters. The molecule has 1 aliphatic heterocycles. The number of carbonyl (C=O) groups excluding carboxylic acids is 2. The average Bonchev–Trinajstić information content (AvgIpc) is 2.50. The molecule has 6 nitrogen and oxygen atoms in total. The van der Waals surface area contributed by atoms with E-state index in [0.29, 0.717) is 49.0 Å². The fourth-order valence-electron chi connectivity index (χ4n) is 2.25. The Morgan fingerprint density at radius 3 is 2.52 bits per heavy atom. The minimum absolute atomic E-state index is 0.0137. The highest BCUT2D eigenvalue weighted by molar-refractivity contribution is 6.33. The molecular formula is C14H19ClN4O2. The first-order valence-corrected chi connectivity index (χ1v) is 7.16. The molecular weight excluding hydrogens is 292 g/mol. The van der Waals surface area contributed by atoms with Crippen LogP contribution in [-0.4, -0.2) is 61.4 Å². The number of nitrogens with zero attached hydrogens (tertiary/aromatic N) is 2. The van der Waals surface area contributed by atoms with Crippen LogP contribution in [-0.2, 0) is 4.79 Å². The van der Waals surface area contributed by atoms with Crippen molar-refractivity contribution >= 4 is 29.1 Å². The second-order valence-electron chi connectivity index (χ2n) is 4.98. The Labute approximate surface area is 128 Å². The van der Waals surface area contributed by atoms with Crippen molar-refractivity contribution in [1.29, 1.82) is 0 Å². The Kier molecular flexibility index (Phi) is 5.03. The van der Waals surface area contributed by atoms with E-state index in [0.717, 1.165) is 0 Å². The van der Waals surface area contributed by atoms with Gasteiger partial charge >= 0.3 is 0 Å². The molecule has 0 spiro atoms. The number of nitrogens with two attached hydrogens (primary N) is 1. The van der Waals surface area contributed by atoms with E-state index in [1.54, 1.807) is 30.1 Å². The highest BCUT2D eigenvalue weighted by Crippen LogP contribution is 2.20. The Morgan fingerprint density at radius 2 is 1.95 bits per heavy atom. The predicted octanol–water partition coefficient (Wildman–Crippen LogP) is 0.426. The van der Waals surface area contributed by atoms with Gasteiger partial charge in [-0.25, -0.2) is 0 Å². The predicted molar refractivity (Wildman–Crippen MR) is 82.3 cm³/mol. The molecule has 21 heavy (non-hydrogen) atoms. The lowest BCUT2D eigenvalue weighted by Crippen LogP contribution is -2.50. The Hall–Kier alpha value is -1.79. The standard InChI is InChI=1S/C14H19ClN4O2/c1-17-13(20)9-18-4-6-19(7-5-18)14(21)10-2-3-11(15)12(16)8-10/h2-3,8H,4-7,9,16H2,1H3,(H,17,20). The number of rotatable bonds is 3. The number of hydrogen-bond acceptors (Lipinski definition) is 4. The molecule has 0 radical (unpaired) electrons. The molecule has 7 heteroatoms. The van der Waals surface area contributed by atoms with Crippen molar-refractivity contribution in [2.24, 2.45) is 0 Å². The van der Waals surface area contributed by atoms with Crippen molar-refractivity contribution in [3.05, 3.63) is 28.8 Å². The maximum Gasteiger partial charge on any atom is 0.254 e. The molecule has 1 aliphatic rings. The molecule has 0 aromatic heterocycles. The third-order valence-corrected chi connectivity index (χ3v) is 3.89. The summed E-state index contributed by atoms with van der Waals surface area (Å²) in [6.07, 6.45) is 0. The van der Waals surface area contributed by atoms with Gasteiger partial charge in [-0.15, -0.1) is 0 Å². The van der Waals surface area contributed by atoms with Crippen LogP contribution < -0.4 is 11.1 Å². The zero-order chi connectivity index (χ0) is 15.4. The molecule has 0 atom stereocenters. The van der Waals surface area contributed by atoms with E-state index in [-0.39, 0.29) is 11.8 Å². The van der Waals surface area contributed by atoms with E-state index in [1.807, 2.05) is 4.90 Å². The summed E-state index contributed by atoms with van der Waals surface area (Å²) in [4.78, 5) is 27.5. The summed E-state index contributed by atoms with van der Waals surface area (Å²) in [5.41, 5.74) is 6.67. The number of piperazine rings is 1. The summed E-state index contributed by atoms with van der Waals surface area (Å²) < 4.78 is 0. The summed E-state index contributed by atoms with van der Waals surface area (Å²) in [5.74, 6) is -0.0711. The zero-order valence-electron chi connectivity index (χ0n) is 11.9. The SMILES string of the molecule is CNC(=O)CN1CCN(C(=O)c2ccc(Cl)c(N)c2)CC1. The van der Waals surface area contributed by atoms with Crippen LogP contribution in [0.15, 0.2) is 18.2 Å². The Morgan fingerprint density at radius 1 is 1.29 bits per heavy atom. The van der Waals surface area contributed by atoms with Gasteiger partial charge in [0.2, 0.25) is 5.91 Å². The van der Waals surface area contributed by atoms with E-state index in [1.165, 1.54) is 0 Å². The van der Waals surface area contributed by atoms with E-state index in [9.17, 15) is 9.59 Å². The molecule has 1 aromatic carbocycles. The maximum absolute atomic E-state index is 12.4. The van der Waals surface area contributed by atoms with Gasteiger partial charge in [-0.3, -0.25) is 14.5 Å². The summed E-state index contributed by atoms with van der Waals surface area (Å²) in [6, 6.07) is 4.91. The van der Waals surface area contributed by atoms with Crippen molar-refractivity contribution in [3.63, 3.8) is 0 Å². The summed E-state index contributed by atoms with van der Waals surface area (Å²) in [7, 11) is 1.62. The largest absolute Gasteiger partial charge is 0.398 e. The van der Waals surface area contributed by atoms with Gasteiger partial charge in [0, 0.05) is 38.8 Å². The molecule has 2 amide bonds. The number of nitrogens with one attached hydrogen (secondary N) is 1. The van der Waals surface area contributed by atoms with E-state index >= 15 is 0 Å². The Bertz CT molecular complexity index is 542. The number of nitrogen functional groups attached to an aromatic ring is 1. The van der Waals surface area contributed by atoms with Crippen molar-refractivity contribution in [3.8, 4) is 0 Å². The topological polar surface area (TPSA) is 78.7 Å². The van der Waals surface area contributed by atoms with Crippen molar-refractivity contribution < 1.29 is 9.59 Å². The zero-order valence-corrected chi connectivity index (χ0v) is 12.7. The number of halogens is 1. The van der Waals surface area contributed by atoms with Crippen LogP contribution in [0, 0.1) is 0 Å². The molecule has 1 fully saturated rings. The van der Waals surface area contributed by atoms with Gasteiger partial charge < -0.3 is 16.0 Å². The first-order valence-electron chi connectivity index (χ1n) is 6.78. The monoisotopic (exact) mass is 310 g/mol. The fraction of sp³-hybridized carbons (Fsp3) is 0.429. The molecule has 1 saturated heterocycles. The van der Waals surface area contributed by atoms with Crippen molar-refractivity contribution in [1.82, 2.24) is 15.1 Å². The highest BCUT2D eigenvalue weighted by atomic mass is 35.5. The van der Waals surface area contributed by atoms with Gasteiger partial charge in [-0.05, 0) is 18.2 Å². The molecule has 0 aliphatic carbocycles. The molecule has 1 heterocycles. The van der Waals surface area contributed by atoms with Crippen LogP contribution in [0.3, 0.4) is 0 Å². The van der Waals surface area contributed by atoms with Gasteiger partial charge in [0.05, 0.1) is 17.3 Å². The van der Waals surface area contributed by atoms with Gasteiger partial charge in [0.1, 0.15) is 0 Å².